The smallest absolute Gasteiger partial charge is 0.235 e. The van der Waals surface area contributed by atoms with Crippen LogP contribution < -0.4 is 10.1 Å². The van der Waals surface area contributed by atoms with Gasteiger partial charge >= 0.3 is 0 Å². The van der Waals surface area contributed by atoms with Gasteiger partial charge in [0.05, 0.1) is 17.1 Å². The molecule has 0 bridgehead atoms. The SMILES string of the molecule is Cc1nn2c(-c3cc(-c4cc5ccccc5o4)n(-c4ccccc4)n3)nnc2sc1=NNc1ccccc1. The second kappa shape index (κ2) is 9.09. The average molecular weight is 517 g/mol. The fourth-order valence-electron chi connectivity index (χ4n) is 4.20. The van der Waals surface area contributed by atoms with Crippen LogP contribution in [0, 0.1) is 6.92 Å². The number of nitrogens with one attached hydrogen (secondary N) is 1. The van der Waals surface area contributed by atoms with Gasteiger partial charge in [-0.3, -0.25) is 5.43 Å². The molecule has 9 nitrogen and oxygen atoms in total. The lowest BCUT2D eigenvalue weighted by Gasteiger charge is -2.04. The third kappa shape index (κ3) is 3.93. The van der Waals surface area contributed by atoms with Gasteiger partial charge in [-0.1, -0.05) is 65.9 Å². The second-order valence-corrected chi connectivity index (χ2v) is 9.57. The number of aryl methyl sites for hydroxylation is 1. The Kier molecular flexibility index (Phi) is 5.30. The molecular weight excluding hydrogens is 496 g/mol. The van der Waals surface area contributed by atoms with E-state index < -0.39 is 0 Å². The number of rotatable bonds is 5. The van der Waals surface area contributed by atoms with Crippen LogP contribution in [0.25, 0.3) is 44.6 Å². The molecule has 38 heavy (non-hydrogen) atoms. The monoisotopic (exact) mass is 516 g/mol. The van der Waals surface area contributed by atoms with Crippen molar-refractivity contribution in [3.8, 4) is 28.7 Å². The highest BCUT2D eigenvalue weighted by Gasteiger charge is 2.20. The number of nitrogens with zero attached hydrogens (tertiary/aromatic N) is 7. The van der Waals surface area contributed by atoms with E-state index in [4.69, 9.17) is 14.6 Å². The summed E-state index contributed by atoms with van der Waals surface area (Å²) in [4.78, 5) is 0.610. The Morgan fingerprint density at radius 3 is 2.42 bits per heavy atom. The number of aromatic nitrogens is 6. The highest BCUT2D eigenvalue weighted by molar-refractivity contribution is 7.14. The van der Waals surface area contributed by atoms with Crippen LogP contribution >= 0.6 is 11.3 Å². The quantitative estimate of drug-likeness (QED) is 0.295. The number of hydrogen-bond acceptors (Lipinski definition) is 8. The minimum Gasteiger partial charge on any atom is -0.454 e. The van der Waals surface area contributed by atoms with E-state index >= 15 is 0 Å². The number of para-hydroxylation sites is 3. The second-order valence-electron chi connectivity index (χ2n) is 8.61. The van der Waals surface area contributed by atoms with Gasteiger partial charge in [0.1, 0.15) is 17.0 Å². The van der Waals surface area contributed by atoms with Crippen molar-refractivity contribution < 1.29 is 4.42 Å². The lowest BCUT2D eigenvalue weighted by atomic mass is 10.2. The zero-order valence-corrected chi connectivity index (χ0v) is 21.0. The van der Waals surface area contributed by atoms with E-state index in [1.807, 2.05) is 109 Å². The largest absolute Gasteiger partial charge is 0.454 e. The van der Waals surface area contributed by atoms with Crippen LogP contribution in [0.1, 0.15) is 5.69 Å². The molecule has 0 aliphatic carbocycles. The molecule has 0 aliphatic heterocycles. The molecule has 0 fully saturated rings. The van der Waals surface area contributed by atoms with Crippen molar-refractivity contribution in [2.45, 2.75) is 6.92 Å². The van der Waals surface area contributed by atoms with Crippen LogP contribution in [0.4, 0.5) is 5.69 Å². The molecule has 1 N–H and O–H groups in total. The Labute approximate surface area is 220 Å². The predicted octanol–water partition coefficient (Wildman–Crippen LogP) is 5.69. The lowest BCUT2D eigenvalue weighted by molar-refractivity contribution is 0.624. The summed E-state index contributed by atoms with van der Waals surface area (Å²) in [6.45, 7) is 1.91. The summed E-state index contributed by atoms with van der Waals surface area (Å²) < 4.78 is 10.5. The van der Waals surface area contributed by atoms with Gasteiger partial charge in [0.2, 0.25) is 10.8 Å². The summed E-state index contributed by atoms with van der Waals surface area (Å²) in [5.74, 6) is 1.25. The van der Waals surface area contributed by atoms with Crippen LogP contribution in [-0.2, 0) is 0 Å². The first-order valence-electron chi connectivity index (χ1n) is 12.0. The van der Waals surface area contributed by atoms with Gasteiger partial charge in [-0.25, -0.2) is 4.68 Å². The molecule has 0 aliphatic rings. The van der Waals surface area contributed by atoms with Crippen molar-refractivity contribution in [3.63, 3.8) is 0 Å². The van der Waals surface area contributed by atoms with Gasteiger partial charge in [0, 0.05) is 5.39 Å². The number of benzene rings is 3. The first-order chi connectivity index (χ1) is 18.7. The zero-order valence-electron chi connectivity index (χ0n) is 20.2. The van der Waals surface area contributed by atoms with E-state index in [2.05, 4.69) is 20.7 Å². The van der Waals surface area contributed by atoms with Crippen LogP contribution in [0.3, 0.4) is 0 Å². The summed E-state index contributed by atoms with van der Waals surface area (Å²) in [5.41, 5.74) is 7.87. The van der Waals surface area contributed by atoms with E-state index in [1.54, 1.807) is 4.52 Å². The molecule has 0 atom stereocenters. The van der Waals surface area contributed by atoms with Crippen molar-refractivity contribution >= 4 is 33.0 Å². The molecular formula is C28H20N8OS. The predicted molar refractivity (Wildman–Crippen MR) is 147 cm³/mol. The Balaban J connectivity index is 1.34. The summed E-state index contributed by atoms with van der Waals surface area (Å²) >= 11 is 1.40. The maximum atomic E-state index is 6.20. The van der Waals surface area contributed by atoms with Gasteiger partial charge in [0.25, 0.3) is 0 Å². The zero-order chi connectivity index (χ0) is 25.5. The molecule has 0 saturated heterocycles. The molecule has 0 amide bonds. The van der Waals surface area contributed by atoms with E-state index in [0.717, 1.165) is 38.4 Å². The Morgan fingerprint density at radius 1 is 0.842 bits per heavy atom. The summed E-state index contributed by atoms with van der Waals surface area (Å²) in [6, 6.07) is 31.6. The fraction of sp³-hybridized carbons (Fsp3) is 0.0357. The molecule has 0 unspecified atom stereocenters. The minimum atomic E-state index is 0.536. The first kappa shape index (κ1) is 22.1. The van der Waals surface area contributed by atoms with Crippen molar-refractivity contribution in [3.05, 3.63) is 107 Å². The molecule has 184 valence electrons. The molecule has 4 aromatic heterocycles. The highest BCUT2D eigenvalue weighted by Crippen LogP contribution is 2.32. The number of anilines is 1. The van der Waals surface area contributed by atoms with E-state index in [-0.39, 0.29) is 0 Å². The summed E-state index contributed by atoms with van der Waals surface area (Å²) in [6.07, 6.45) is 0. The molecule has 7 rings (SSSR count). The topological polar surface area (TPSA) is 98.4 Å². The van der Waals surface area contributed by atoms with Crippen molar-refractivity contribution in [1.29, 1.82) is 0 Å². The van der Waals surface area contributed by atoms with Crippen LogP contribution in [0.15, 0.2) is 107 Å². The molecule has 0 spiro atoms. The van der Waals surface area contributed by atoms with E-state index in [0.29, 0.717) is 22.2 Å². The number of fused-ring (bicyclic) bond motifs is 2. The van der Waals surface area contributed by atoms with Gasteiger partial charge in [-0.05, 0) is 49.4 Å². The first-order valence-corrected chi connectivity index (χ1v) is 12.8. The molecule has 10 heteroatoms. The van der Waals surface area contributed by atoms with Crippen LogP contribution in [0.5, 0.6) is 0 Å². The summed E-state index contributed by atoms with van der Waals surface area (Å²) in [5, 5.41) is 24.0. The third-order valence-electron chi connectivity index (χ3n) is 6.04. The minimum absolute atomic E-state index is 0.536. The highest BCUT2D eigenvalue weighted by atomic mass is 32.1. The molecule has 4 heterocycles. The van der Waals surface area contributed by atoms with Crippen LogP contribution in [0.2, 0.25) is 0 Å². The molecule has 7 aromatic rings. The normalized spacial score (nSPS) is 12.0. The summed E-state index contributed by atoms with van der Waals surface area (Å²) in [7, 11) is 0. The van der Waals surface area contributed by atoms with Crippen molar-refractivity contribution in [2.24, 2.45) is 5.10 Å². The Bertz CT molecular complexity index is 1940. The third-order valence-corrected chi connectivity index (χ3v) is 7.05. The van der Waals surface area contributed by atoms with E-state index in [1.165, 1.54) is 11.3 Å². The average Bonchev–Trinajstić information content (AvgIpc) is 3.69. The van der Waals surface area contributed by atoms with E-state index in [9.17, 15) is 0 Å². The van der Waals surface area contributed by atoms with Gasteiger partial charge in [0.15, 0.2) is 10.4 Å². The Morgan fingerprint density at radius 2 is 1.61 bits per heavy atom. The van der Waals surface area contributed by atoms with Gasteiger partial charge < -0.3 is 4.42 Å². The molecule has 3 aromatic carbocycles. The molecule has 0 saturated carbocycles. The van der Waals surface area contributed by atoms with Crippen molar-refractivity contribution in [1.82, 2.24) is 29.6 Å². The standard InChI is InChI=1S/C28H20N8OS/c1-18-27(31-29-20-11-4-2-5-12-20)38-28-32-30-26(36(28)33-18)22-17-23(35(34-22)21-13-6-3-7-14-21)25-16-19-10-8-9-15-24(19)37-25/h2-17,29H,1H3. The number of furan rings is 1. The van der Waals surface area contributed by atoms with Crippen LogP contribution in [-0.4, -0.2) is 29.6 Å². The number of hydrogen-bond donors (Lipinski definition) is 1. The molecule has 0 radical (unpaired) electrons. The maximum Gasteiger partial charge on any atom is 0.235 e. The Hall–Kier alpha value is -5.09. The maximum absolute atomic E-state index is 6.20. The fourth-order valence-corrected chi connectivity index (χ4v) is 4.95. The van der Waals surface area contributed by atoms with Gasteiger partial charge in [-0.2, -0.15) is 19.8 Å². The lowest BCUT2D eigenvalue weighted by Crippen LogP contribution is -2.12. The van der Waals surface area contributed by atoms with Crippen molar-refractivity contribution in [2.75, 3.05) is 5.43 Å². The van der Waals surface area contributed by atoms with Gasteiger partial charge in [-0.15, -0.1) is 10.2 Å².